The summed E-state index contributed by atoms with van der Waals surface area (Å²) in [5, 5.41) is 2.55. The third kappa shape index (κ3) is 6.01. The Morgan fingerprint density at radius 3 is 2.60 bits per heavy atom. The fourth-order valence-electron chi connectivity index (χ4n) is 0.803. The van der Waals surface area contributed by atoms with Crippen LogP contribution in [0.5, 0.6) is 0 Å². The molecule has 0 fully saturated rings. The van der Waals surface area contributed by atoms with Gasteiger partial charge in [0.1, 0.15) is 0 Å². The standard InChI is InChI=1S/C9H16N2O3S/c1-3-14-7(12)4-5-11-9(13)6(2)8(10)15/h6H,3-5H2,1-2H3,(H2,10,15)(H,11,13). The summed E-state index contributed by atoms with van der Waals surface area (Å²) >= 11 is 4.66. The molecule has 0 aromatic carbocycles. The van der Waals surface area contributed by atoms with Crippen LogP contribution in [0.25, 0.3) is 0 Å². The maximum atomic E-state index is 11.3. The average Bonchev–Trinajstić information content (AvgIpc) is 2.16. The molecule has 0 aliphatic heterocycles. The van der Waals surface area contributed by atoms with Crippen LogP contribution < -0.4 is 11.1 Å². The molecule has 0 saturated heterocycles. The summed E-state index contributed by atoms with van der Waals surface area (Å²) in [6.45, 7) is 3.92. The van der Waals surface area contributed by atoms with Gasteiger partial charge in [-0.15, -0.1) is 0 Å². The Morgan fingerprint density at radius 1 is 1.53 bits per heavy atom. The predicted molar refractivity (Wildman–Crippen MR) is 60.2 cm³/mol. The first-order valence-electron chi connectivity index (χ1n) is 4.71. The monoisotopic (exact) mass is 232 g/mol. The number of esters is 1. The Labute approximate surface area is 94.3 Å². The second-order valence-electron chi connectivity index (χ2n) is 2.97. The Morgan fingerprint density at radius 2 is 2.13 bits per heavy atom. The highest BCUT2D eigenvalue weighted by atomic mass is 32.1. The Bertz CT molecular complexity index is 256. The number of nitrogens with one attached hydrogen (secondary N) is 1. The van der Waals surface area contributed by atoms with Crippen LogP contribution in [-0.2, 0) is 14.3 Å². The molecule has 1 amide bonds. The van der Waals surface area contributed by atoms with E-state index in [0.717, 1.165) is 0 Å². The molecule has 5 nitrogen and oxygen atoms in total. The van der Waals surface area contributed by atoms with Gasteiger partial charge in [-0.1, -0.05) is 12.2 Å². The number of carbonyl (C=O) groups excluding carboxylic acids is 2. The second-order valence-corrected chi connectivity index (χ2v) is 3.44. The van der Waals surface area contributed by atoms with Gasteiger partial charge in [-0.25, -0.2) is 0 Å². The molecule has 1 atom stereocenters. The molecule has 3 N–H and O–H groups in total. The fourth-order valence-corrected chi connectivity index (χ4v) is 0.910. The summed E-state index contributed by atoms with van der Waals surface area (Å²) in [5.74, 6) is -1.12. The van der Waals surface area contributed by atoms with Crippen molar-refractivity contribution in [2.24, 2.45) is 11.7 Å². The van der Waals surface area contributed by atoms with E-state index in [1.54, 1.807) is 13.8 Å². The number of hydrogen-bond acceptors (Lipinski definition) is 4. The van der Waals surface area contributed by atoms with Crippen molar-refractivity contribution in [1.82, 2.24) is 5.32 Å². The lowest BCUT2D eigenvalue weighted by Crippen LogP contribution is -2.37. The zero-order chi connectivity index (χ0) is 11.8. The van der Waals surface area contributed by atoms with Crippen molar-refractivity contribution in [1.29, 1.82) is 0 Å². The van der Waals surface area contributed by atoms with Gasteiger partial charge in [-0.2, -0.15) is 0 Å². The van der Waals surface area contributed by atoms with Crippen molar-refractivity contribution >= 4 is 29.1 Å². The van der Waals surface area contributed by atoms with Gasteiger partial charge in [-0.05, 0) is 13.8 Å². The number of thiocarbonyl (C=S) groups is 1. The average molecular weight is 232 g/mol. The molecule has 0 aromatic rings. The normalized spacial score (nSPS) is 11.6. The SMILES string of the molecule is CCOC(=O)CCNC(=O)C(C)C(N)=S. The van der Waals surface area contributed by atoms with Gasteiger partial charge in [0.15, 0.2) is 0 Å². The first-order valence-corrected chi connectivity index (χ1v) is 5.12. The van der Waals surface area contributed by atoms with Crippen molar-refractivity contribution in [2.45, 2.75) is 20.3 Å². The highest BCUT2D eigenvalue weighted by molar-refractivity contribution is 7.80. The van der Waals surface area contributed by atoms with Gasteiger partial charge in [-0.3, -0.25) is 9.59 Å². The smallest absolute Gasteiger partial charge is 0.307 e. The lowest BCUT2D eigenvalue weighted by molar-refractivity contribution is -0.143. The number of nitrogens with two attached hydrogens (primary N) is 1. The maximum absolute atomic E-state index is 11.3. The van der Waals surface area contributed by atoms with Crippen LogP contribution in [0.1, 0.15) is 20.3 Å². The van der Waals surface area contributed by atoms with Crippen LogP contribution >= 0.6 is 12.2 Å². The first-order chi connectivity index (χ1) is 6.99. The van der Waals surface area contributed by atoms with Gasteiger partial charge in [0.2, 0.25) is 5.91 Å². The summed E-state index contributed by atoms with van der Waals surface area (Å²) in [5.41, 5.74) is 5.30. The molecule has 0 aliphatic carbocycles. The molecule has 0 aromatic heterocycles. The summed E-state index contributed by atoms with van der Waals surface area (Å²) < 4.78 is 4.69. The molecule has 6 heteroatoms. The molecule has 1 unspecified atom stereocenters. The van der Waals surface area contributed by atoms with Crippen molar-refractivity contribution in [2.75, 3.05) is 13.2 Å². The third-order valence-corrected chi connectivity index (χ3v) is 2.11. The summed E-state index contributed by atoms with van der Waals surface area (Å²) in [6, 6.07) is 0. The molecular formula is C9H16N2O3S. The number of carbonyl (C=O) groups is 2. The van der Waals surface area contributed by atoms with Crippen molar-refractivity contribution < 1.29 is 14.3 Å². The molecule has 86 valence electrons. The zero-order valence-corrected chi connectivity index (χ0v) is 9.73. The largest absolute Gasteiger partial charge is 0.466 e. The van der Waals surface area contributed by atoms with Gasteiger partial charge < -0.3 is 15.8 Å². The first kappa shape index (κ1) is 13.8. The topological polar surface area (TPSA) is 81.4 Å². The molecule has 0 radical (unpaired) electrons. The Kier molecular flexibility index (Phi) is 6.61. The third-order valence-electron chi connectivity index (χ3n) is 1.75. The van der Waals surface area contributed by atoms with Crippen molar-refractivity contribution in [3.05, 3.63) is 0 Å². The number of amides is 1. The minimum absolute atomic E-state index is 0.142. The molecule has 0 heterocycles. The predicted octanol–water partition coefficient (Wildman–Crippen LogP) is -0.0220. The zero-order valence-electron chi connectivity index (χ0n) is 8.91. The minimum Gasteiger partial charge on any atom is -0.466 e. The van der Waals surface area contributed by atoms with E-state index in [0.29, 0.717) is 6.61 Å². The van der Waals surface area contributed by atoms with Crippen LogP contribution in [0.4, 0.5) is 0 Å². The molecular weight excluding hydrogens is 216 g/mol. The van der Waals surface area contributed by atoms with E-state index in [1.807, 2.05) is 0 Å². The van der Waals surface area contributed by atoms with E-state index in [2.05, 4.69) is 17.5 Å². The van der Waals surface area contributed by atoms with E-state index in [4.69, 9.17) is 10.5 Å². The van der Waals surface area contributed by atoms with Crippen LogP contribution in [0.2, 0.25) is 0 Å². The van der Waals surface area contributed by atoms with Gasteiger partial charge in [0.25, 0.3) is 0 Å². The Balaban J connectivity index is 3.73. The summed E-state index contributed by atoms with van der Waals surface area (Å²) in [4.78, 5) is 22.3. The van der Waals surface area contributed by atoms with Gasteiger partial charge in [0, 0.05) is 6.54 Å². The van der Waals surface area contributed by atoms with Crippen LogP contribution in [-0.4, -0.2) is 30.0 Å². The van der Waals surface area contributed by atoms with Gasteiger partial charge in [0.05, 0.1) is 23.9 Å². The number of ether oxygens (including phenoxy) is 1. The fraction of sp³-hybridized carbons (Fsp3) is 0.667. The molecule has 15 heavy (non-hydrogen) atoms. The highest BCUT2D eigenvalue weighted by Gasteiger charge is 2.15. The molecule has 0 aliphatic rings. The van der Waals surface area contributed by atoms with Crippen LogP contribution in [0, 0.1) is 5.92 Å². The van der Waals surface area contributed by atoms with E-state index in [9.17, 15) is 9.59 Å². The van der Waals surface area contributed by atoms with Crippen molar-refractivity contribution in [3.8, 4) is 0 Å². The molecule has 0 saturated carbocycles. The van der Waals surface area contributed by atoms with E-state index in [1.165, 1.54) is 0 Å². The van der Waals surface area contributed by atoms with E-state index in [-0.39, 0.29) is 29.8 Å². The second kappa shape index (κ2) is 7.17. The minimum atomic E-state index is -0.512. The number of hydrogen-bond donors (Lipinski definition) is 2. The van der Waals surface area contributed by atoms with E-state index >= 15 is 0 Å². The van der Waals surface area contributed by atoms with Crippen LogP contribution in [0.15, 0.2) is 0 Å². The van der Waals surface area contributed by atoms with E-state index < -0.39 is 5.92 Å². The summed E-state index contributed by atoms with van der Waals surface area (Å²) in [6.07, 6.45) is 0.156. The van der Waals surface area contributed by atoms with Crippen LogP contribution in [0.3, 0.4) is 0 Å². The molecule has 0 bridgehead atoms. The highest BCUT2D eigenvalue weighted by Crippen LogP contribution is 1.95. The quantitative estimate of drug-likeness (QED) is 0.497. The van der Waals surface area contributed by atoms with Gasteiger partial charge >= 0.3 is 5.97 Å². The molecule has 0 spiro atoms. The van der Waals surface area contributed by atoms with Crippen molar-refractivity contribution in [3.63, 3.8) is 0 Å². The lowest BCUT2D eigenvalue weighted by atomic mass is 10.1. The summed E-state index contributed by atoms with van der Waals surface area (Å²) in [7, 11) is 0. The Hall–Kier alpha value is -1.17. The lowest BCUT2D eigenvalue weighted by Gasteiger charge is -2.09. The maximum Gasteiger partial charge on any atom is 0.307 e. The number of rotatable bonds is 6. The molecule has 0 rings (SSSR count).